The summed E-state index contributed by atoms with van der Waals surface area (Å²) in [5.74, 6) is 0.587. The van der Waals surface area contributed by atoms with Gasteiger partial charge in [0.05, 0.1) is 6.61 Å². The third-order valence-electron chi connectivity index (χ3n) is 6.08. The van der Waals surface area contributed by atoms with Crippen LogP contribution < -0.4 is 10.1 Å². The standard InChI is InChI=1S/C29H31BrN2O3/c30-19-20-35-26-16-12-24(13-17-26)28(29(34)31-21-23-9-5-2-6-10-23)32(25-14-15-25)27(33)18-11-22-7-3-1-4-8-22/h1-10,12-13,16-17,25,28H,11,14-15,18-21H2,(H,31,34). The van der Waals surface area contributed by atoms with E-state index in [-0.39, 0.29) is 17.9 Å². The Hall–Kier alpha value is -3.12. The summed E-state index contributed by atoms with van der Waals surface area (Å²) in [6.07, 6.45) is 2.87. The molecule has 0 aromatic heterocycles. The number of halogens is 1. The number of amides is 2. The molecule has 1 aliphatic carbocycles. The van der Waals surface area contributed by atoms with E-state index in [0.29, 0.717) is 26.0 Å². The molecule has 3 aromatic rings. The molecule has 6 heteroatoms. The topological polar surface area (TPSA) is 58.6 Å². The van der Waals surface area contributed by atoms with Gasteiger partial charge in [-0.25, -0.2) is 0 Å². The zero-order valence-electron chi connectivity index (χ0n) is 19.7. The molecule has 1 atom stereocenters. The summed E-state index contributed by atoms with van der Waals surface area (Å²) in [4.78, 5) is 28.9. The lowest BCUT2D eigenvalue weighted by atomic mass is 10.0. The average molecular weight is 535 g/mol. The van der Waals surface area contributed by atoms with E-state index < -0.39 is 6.04 Å². The van der Waals surface area contributed by atoms with Gasteiger partial charge in [-0.2, -0.15) is 0 Å². The molecule has 3 aromatic carbocycles. The summed E-state index contributed by atoms with van der Waals surface area (Å²) in [5.41, 5.74) is 2.93. The molecule has 1 unspecified atom stereocenters. The molecule has 0 saturated heterocycles. The first kappa shape index (κ1) is 25.0. The zero-order chi connectivity index (χ0) is 24.5. The van der Waals surface area contributed by atoms with Crippen LogP contribution in [0.25, 0.3) is 0 Å². The van der Waals surface area contributed by atoms with Gasteiger partial charge < -0.3 is 15.0 Å². The van der Waals surface area contributed by atoms with Crippen LogP contribution in [0.5, 0.6) is 5.75 Å². The van der Waals surface area contributed by atoms with E-state index in [9.17, 15) is 9.59 Å². The number of ether oxygens (including phenoxy) is 1. The number of rotatable bonds is 12. The number of nitrogens with zero attached hydrogens (tertiary/aromatic N) is 1. The van der Waals surface area contributed by atoms with Crippen molar-refractivity contribution in [3.05, 3.63) is 102 Å². The Kier molecular flexibility index (Phi) is 8.96. The molecule has 4 rings (SSSR count). The summed E-state index contributed by atoms with van der Waals surface area (Å²) >= 11 is 3.37. The highest BCUT2D eigenvalue weighted by Gasteiger charge is 2.41. The molecule has 1 aliphatic rings. The van der Waals surface area contributed by atoms with Crippen molar-refractivity contribution in [2.75, 3.05) is 11.9 Å². The Morgan fingerprint density at radius 1 is 0.914 bits per heavy atom. The minimum Gasteiger partial charge on any atom is -0.493 e. The van der Waals surface area contributed by atoms with Crippen molar-refractivity contribution in [1.82, 2.24) is 10.2 Å². The third-order valence-corrected chi connectivity index (χ3v) is 6.40. The first-order valence-corrected chi connectivity index (χ1v) is 13.2. The lowest BCUT2D eigenvalue weighted by Gasteiger charge is -2.32. The summed E-state index contributed by atoms with van der Waals surface area (Å²) in [6, 6.07) is 26.8. The molecule has 1 fully saturated rings. The second-order valence-corrected chi connectivity index (χ2v) is 9.52. The van der Waals surface area contributed by atoms with Gasteiger partial charge in [0.2, 0.25) is 11.8 Å². The van der Waals surface area contributed by atoms with Gasteiger partial charge in [0.15, 0.2) is 0 Å². The van der Waals surface area contributed by atoms with Crippen LogP contribution in [0.1, 0.15) is 42.0 Å². The molecule has 0 aliphatic heterocycles. The maximum atomic E-state index is 13.6. The van der Waals surface area contributed by atoms with Crippen molar-refractivity contribution in [2.24, 2.45) is 0 Å². The quantitative estimate of drug-likeness (QED) is 0.314. The van der Waals surface area contributed by atoms with E-state index in [1.165, 1.54) is 0 Å². The number of hydrogen-bond donors (Lipinski definition) is 1. The monoisotopic (exact) mass is 534 g/mol. The Balaban J connectivity index is 1.55. The Morgan fingerprint density at radius 2 is 1.54 bits per heavy atom. The number of aryl methyl sites for hydroxylation is 1. The molecule has 182 valence electrons. The minimum atomic E-state index is -0.681. The van der Waals surface area contributed by atoms with Crippen LogP contribution in [0.4, 0.5) is 0 Å². The van der Waals surface area contributed by atoms with Crippen LogP contribution in [0.15, 0.2) is 84.9 Å². The molecule has 0 bridgehead atoms. The number of benzene rings is 3. The van der Waals surface area contributed by atoms with Gasteiger partial charge in [0.1, 0.15) is 11.8 Å². The van der Waals surface area contributed by atoms with Crippen molar-refractivity contribution in [2.45, 2.75) is 44.3 Å². The zero-order valence-corrected chi connectivity index (χ0v) is 21.3. The lowest BCUT2D eigenvalue weighted by molar-refractivity contribution is -0.141. The number of nitrogens with one attached hydrogen (secondary N) is 1. The van der Waals surface area contributed by atoms with Crippen molar-refractivity contribution >= 4 is 27.7 Å². The van der Waals surface area contributed by atoms with E-state index in [1.54, 1.807) is 0 Å². The highest BCUT2D eigenvalue weighted by Crippen LogP contribution is 2.36. The Labute approximate surface area is 215 Å². The maximum absolute atomic E-state index is 13.6. The number of carbonyl (C=O) groups is 2. The lowest BCUT2D eigenvalue weighted by Crippen LogP contribution is -2.45. The van der Waals surface area contributed by atoms with Crippen molar-refractivity contribution in [3.63, 3.8) is 0 Å². The van der Waals surface area contributed by atoms with Gasteiger partial charge >= 0.3 is 0 Å². The molecule has 2 amide bonds. The molecule has 1 N–H and O–H groups in total. The summed E-state index contributed by atoms with van der Waals surface area (Å²) in [5, 5.41) is 3.81. The van der Waals surface area contributed by atoms with E-state index in [4.69, 9.17) is 4.74 Å². The normalized spacial score (nSPS) is 13.6. The first-order chi connectivity index (χ1) is 17.2. The highest BCUT2D eigenvalue weighted by atomic mass is 79.9. The Bertz CT molecular complexity index is 1090. The second-order valence-electron chi connectivity index (χ2n) is 8.73. The molecule has 1 saturated carbocycles. The molecule has 5 nitrogen and oxygen atoms in total. The van der Waals surface area contributed by atoms with Crippen LogP contribution in [0.2, 0.25) is 0 Å². The van der Waals surface area contributed by atoms with Crippen LogP contribution in [-0.4, -0.2) is 34.7 Å². The molecule has 0 radical (unpaired) electrons. The average Bonchev–Trinajstić information content (AvgIpc) is 3.74. The minimum absolute atomic E-state index is 0.0100. The van der Waals surface area contributed by atoms with Crippen LogP contribution >= 0.6 is 15.9 Å². The van der Waals surface area contributed by atoms with Gasteiger partial charge in [-0.05, 0) is 48.1 Å². The van der Waals surface area contributed by atoms with Gasteiger partial charge in [0.25, 0.3) is 0 Å². The van der Waals surface area contributed by atoms with E-state index >= 15 is 0 Å². The fourth-order valence-corrected chi connectivity index (χ4v) is 4.32. The van der Waals surface area contributed by atoms with Gasteiger partial charge in [-0.1, -0.05) is 88.7 Å². The van der Waals surface area contributed by atoms with E-state index in [1.807, 2.05) is 89.8 Å². The molecule has 0 spiro atoms. The third kappa shape index (κ3) is 7.18. The number of carbonyl (C=O) groups excluding carboxylic acids is 2. The smallest absolute Gasteiger partial charge is 0.247 e. The van der Waals surface area contributed by atoms with Gasteiger partial charge in [-0.15, -0.1) is 0 Å². The second kappa shape index (κ2) is 12.5. The molecular formula is C29H31BrN2O3. The Morgan fingerprint density at radius 3 is 2.14 bits per heavy atom. The maximum Gasteiger partial charge on any atom is 0.247 e. The predicted octanol–water partition coefficient (Wildman–Crippen LogP) is 5.44. The summed E-state index contributed by atoms with van der Waals surface area (Å²) in [7, 11) is 0. The molecule has 0 heterocycles. The molecule has 35 heavy (non-hydrogen) atoms. The van der Waals surface area contributed by atoms with Crippen LogP contribution in [0, 0.1) is 0 Å². The van der Waals surface area contributed by atoms with Gasteiger partial charge in [-0.3, -0.25) is 9.59 Å². The number of alkyl halides is 1. The largest absolute Gasteiger partial charge is 0.493 e. The molecular weight excluding hydrogens is 504 g/mol. The number of hydrogen-bond acceptors (Lipinski definition) is 3. The van der Waals surface area contributed by atoms with E-state index in [2.05, 4.69) is 21.2 Å². The van der Waals surface area contributed by atoms with Crippen molar-refractivity contribution in [1.29, 1.82) is 0 Å². The van der Waals surface area contributed by atoms with Gasteiger partial charge in [0, 0.05) is 24.3 Å². The van der Waals surface area contributed by atoms with Crippen LogP contribution in [0.3, 0.4) is 0 Å². The van der Waals surface area contributed by atoms with Crippen LogP contribution in [-0.2, 0) is 22.6 Å². The van der Waals surface area contributed by atoms with Crippen molar-refractivity contribution in [3.8, 4) is 5.75 Å². The SMILES string of the molecule is O=C(NCc1ccccc1)C(c1ccc(OCCBr)cc1)N(C(=O)CCc1ccccc1)C1CC1. The van der Waals surface area contributed by atoms with E-state index in [0.717, 1.165) is 40.6 Å². The predicted molar refractivity (Wildman–Crippen MR) is 141 cm³/mol. The highest BCUT2D eigenvalue weighted by molar-refractivity contribution is 9.09. The summed E-state index contributed by atoms with van der Waals surface area (Å²) < 4.78 is 5.68. The fourth-order valence-electron chi connectivity index (χ4n) is 4.16. The summed E-state index contributed by atoms with van der Waals surface area (Å²) in [6.45, 7) is 0.978. The fraction of sp³-hybridized carbons (Fsp3) is 0.310. The first-order valence-electron chi connectivity index (χ1n) is 12.1. The van der Waals surface area contributed by atoms with Crippen molar-refractivity contribution < 1.29 is 14.3 Å².